The van der Waals surface area contributed by atoms with Gasteiger partial charge in [0.2, 0.25) is 5.89 Å². The molecule has 0 saturated carbocycles. The lowest BCUT2D eigenvalue weighted by molar-refractivity contribution is 0.0671. The van der Waals surface area contributed by atoms with Crippen molar-refractivity contribution in [2.24, 2.45) is 0 Å². The van der Waals surface area contributed by atoms with E-state index in [-0.39, 0.29) is 18.0 Å². The third kappa shape index (κ3) is 4.23. The van der Waals surface area contributed by atoms with E-state index in [1.165, 1.54) is 18.2 Å². The molecule has 1 saturated heterocycles. The van der Waals surface area contributed by atoms with E-state index in [2.05, 4.69) is 15.5 Å². The van der Waals surface area contributed by atoms with Crippen molar-refractivity contribution in [2.75, 3.05) is 31.5 Å². The van der Waals surface area contributed by atoms with Gasteiger partial charge in [0.1, 0.15) is 5.82 Å². The number of hydrogen-bond acceptors (Lipinski definition) is 5. The smallest absolute Gasteiger partial charge is 0.325 e. The van der Waals surface area contributed by atoms with Crippen LogP contribution in [0, 0.1) is 5.82 Å². The van der Waals surface area contributed by atoms with Crippen LogP contribution in [0.3, 0.4) is 0 Å². The van der Waals surface area contributed by atoms with E-state index in [4.69, 9.17) is 4.42 Å². The highest BCUT2D eigenvalue weighted by molar-refractivity contribution is 5.94. The van der Waals surface area contributed by atoms with Gasteiger partial charge < -0.3 is 14.2 Å². The maximum Gasteiger partial charge on any atom is 0.325 e. The maximum absolute atomic E-state index is 13.3. The van der Waals surface area contributed by atoms with E-state index in [0.29, 0.717) is 37.6 Å². The zero-order valence-electron chi connectivity index (χ0n) is 15.4. The third-order valence-electron chi connectivity index (χ3n) is 4.59. The van der Waals surface area contributed by atoms with E-state index in [9.17, 15) is 14.0 Å². The maximum atomic E-state index is 13.3. The molecule has 0 radical (unpaired) electrons. The van der Waals surface area contributed by atoms with Crippen molar-refractivity contribution in [3.8, 4) is 11.5 Å². The van der Waals surface area contributed by atoms with Crippen LogP contribution < -0.4 is 5.32 Å². The van der Waals surface area contributed by atoms with Gasteiger partial charge in [0.15, 0.2) is 0 Å². The number of rotatable bonds is 3. The summed E-state index contributed by atoms with van der Waals surface area (Å²) in [6, 6.07) is 14.4. The van der Waals surface area contributed by atoms with Gasteiger partial charge in [-0.15, -0.1) is 5.10 Å². The molecule has 1 aliphatic heterocycles. The Hall–Kier alpha value is -3.75. The van der Waals surface area contributed by atoms with E-state index in [1.807, 2.05) is 30.3 Å². The second kappa shape index (κ2) is 8.09. The summed E-state index contributed by atoms with van der Waals surface area (Å²) in [5, 5.41) is 10.3. The first-order chi connectivity index (χ1) is 14.1. The van der Waals surface area contributed by atoms with Gasteiger partial charge in [-0.1, -0.05) is 29.4 Å². The fraction of sp³-hybridized carbons (Fsp3) is 0.200. The van der Waals surface area contributed by atoms with Crippen LogP contribution in [-0.2, 0) is 0 Å². The number of hydrogen-bond donors (Lipinski definition) is 1. The standard InChI is InChI=1S/C20H18FN5O3/c21-16-8-4-7-15(13-16)18(27)25-9-11-26(12-10-25)20(28)22-19-24-23-17(29-19)14-5-2-1-3-6-14/h1-8,13H,9-12H2,(H,22,24,28). The predicted octanol–water partition coefficient (Wildman–Crippen LogP) is 2.87. The molecule has 1 aliphatic rings. The minimum atomic E-state index is -0.455. The molecule has 3 amide bonds. The number of carbonyl (C=O) groups excluding carboxylic acids is 2. The molecule has 8 nitrogen and oxygen atoms in total. The molecule has 0 bridgehead atoms. The minimum absolute atomic E-state index is 0.00659. The summed E-state index contributed by atoms with van der Waals surface area (Å²) in [5.74, 6) is -0.399. The van der Waals surface area contributed by atoms with Crippen LogP contribution in [0.25, 0.3) is 11.5 Å². The highest BCUT2D eigenvalue weighted by Crippen LogP contribution is 2.19. The molecular weight excluding hydrogens is 377 g/mol. The zero-order chi connectivity index (χ0) is 20.2. The average Bonchev–Trinajstić information content (AvgIpc) is 3.22. The van der Waals surface area contributed by atoms with E-state index in [1.54, 1.807) is 15.9 Å². The first-order valence-corrected chi connectivity index (χ1v) is 9.10. The second-order valence-corrected chi connectivity index (χ2v) is 6.50. The van der Waals surface area contributed by atoms with Crippen molar-refractivity contribution < 1.29 is 18.4 Å². The fourth-order valence-corrected chi connectivity index (χ4v) is 3.06. The van der Waals surface area contributed by atoms with Crippen LogP contribution in [0.5, 0.6) is 0 Å². The molecule has 2 heterocycles. The van der Waals surface area contributed by atoms with Crippen molar-refractivity contribution in [2.45, 2.75) is 0 Å². The first-order valence-electron chi connectivity index (χ1n) is 9.10. The molecule has 1 N–H and O–H groups in total. The first kappa shape index (κ1) is 18.6. The second-order valence-electron chi connectivity index (χ2n) is 6.50. The average molecular weight is 395 g/mol. The summed E-state index contributed by atoms with van der Waals surface area (Å²) in [7, 11) is 0. The van der Waals surface area contributed by atoms with Gasteiger partial charge in [-0.05, 0) is 30.3 Å². The van der Waals surface area contributed by atoms with Gasteiger partial charge in [-0.25, -0.2) is 9.18 Å². The highest BCUT2D eigenvalue weighted by atomic mass is 19.1. The molecule has 9 heteroatoms. The number of carbonyl (C=O) groups is 2. The third-order valence-corrected chi connectivity index (χ3v) is 4.59. The SMILES string of the molecule is O=C(Nc1nnc(-c2ccccc2)o1)N1CCN(C(=O)c2cccc(F)c2)CC1. The van der Waals surface area contributed by atoms with E-state index in [0.717, 1.165) is 5.56 Å². The number of anilines is 1. The minimum Gasteiger partial charge on any atom is -0.403 e. The Bertz CT molecular complexity index is 1020. The van der Waals surface area contributed by atoms with Crippen LogP contribution in [0.2, 0.25) is 0 Å². The fourth-order valence-electron chi connectivity index (χ4n) is 3.06. The molecule has 4 rings (SSSR count). The van der Waals surface area contributed by atoms with Crippen molar-refractivity contribution in [3.05, 3.63) is 66.0 Å². The Morgan fingerprint density at radius 2 is 1.66 bits per heavy atom. The Labute approximate surface area is 165 Å². The number of halogens is 1. The summed E-state index contributed by atoms with van der Waals surface area (Å²) in [6.45, 7) is 1.38. The van der Waals surface area contributed by atoms with Crippen LogP contribution in [-0.4, -0.2) is 58.1 Å². The van der Waals surface area contributed by atoms with Crippen molar-refractivity contribution in [1.82, 2.24) is 20.0 Å². The Morgan fingerprint density at radius 3 is 2.38 bits per heavy atom. The lowest BCUT2D eigenvalue weighted by Crippen LogP contribution is -2.51. The van der Waals surface area contributed by atoms with Crippen molar-refractivity contribution in [1.29, 1.82) is 0 Å². The van der Waals surface area contributed by atoms with Gasteiger partial charge in [-0.2, -0.15) is 0 Å². The Kier molecular flexibility index (Phi) is 5.19. The lowest BCUT2D eigenvalue weighted by Gasteiger charge is -2.34. The van der Waals surface area contributed by atoms with Crippen LogP contribution in [0.4, 0.5) is 15.2 Å². The summed E-state index contributed by atoms with van der Waals surface area (Å²) >= 11 is 0. The highest BCUT2D eigenvalue weighted by Gasteiger charge is 2.26. The Morgan fingerprint density at radius 1 is 0.931 bits per heavy atom. The summed E-state index contributed by atoms with van der Waals surface area (Å²) < 4.78 is 18.8. The van der Waals surface area contributed by atoms with Crippen LogP contribution >= 0.6 is 0 Å². The molecule has 0 atom stereocenters. The predicted molar refractivity (Wildman–Crippen MR) is 103 cm³/mol. The molecule has 0 unspecified atom stereocenters. The number of amides is 3. The quantitative estimate of drug-likeness (QED) is 0.736. The molecule has 29 heavy (non-hydrogen) atoms. The molecule has 2 aromatic carbocycles. The van der Waals surface area contributed by atoms with Gasteiger partial charge in [0, 0.05) is 37.3 Å². The zero-order valence-corrected chi connectivity index (χ0v) is 15.4. The normalized spacial score (nSPS) is 14.0. The number of urea groups is 1. The molecule has 1 aromatic heterocycles. The lowest BCUT2D eigenvalue weighted by atomic mass is 10.2. The summed E-state index contributed by atoms with van der Waals surface area (Å²) in [6.07, 6.45) is 0. The van der Waals surface area contributed by atoms with Crippen LogP contribution in [0.1, 0.15) is 10.4 Å². The molecular formula is C20H18FN5O3. The monoisotopic (exact) mass is 395 g/mol. The molecule has 1 fully saturated rings. The molecule has 3 aromatic rings. The number of aromatic nitrogens is 2. The molecule has 0 aliphatic carbocycles. The molecule has 148 valence electrons. The molecule has 0 spiro atoms. The van der Waals surface area contributed by atoms with Crippen molar-refractivity contribution >= 4 is 18.0 Å². The van der Waals surface area contributed by atoms with Crippen LogP contribution in [0.15, 0.2) is 59.0 Å². The van der Waals surface area contributed by atoms with Crippen molar-refractivity contribution in [3.63, 3.8) is 0 Å². The number of nitrogens with one attached hydrogen (secondary N) is 1. The van der Waals surface area contributed by atoms with Gasteiger partial charge >= 0.3 is 12.0 Å². The topological polar surface area (TPSA) is 91.6 Å². The van der Waals surface area contributed by atoms with E-state index >= 15 is 0 Å². The Balaban J connectivity index is 1.32. The summed E-state index contributed by atoms with van der Waals surface area (Å²) in [4.78, 5) is 28.1. The number of piperazine rings is 1. The van der Waals surface area contributed by atoms with E-state index < -0.39 is 5.82 Å². The van der Waals surface area contributed by atoms with Gasteiger partial charge in [0.05, 0.1) is 0 Å². The number of nitrogens with zero attached hydrogens (tertiary/aromatic N) is 4. The van der Waals surface area contributed by atoms with Gasteiger partial charge in [0.25, 0.3) is 5.91 Å². The van der Waals surface area contributed by atoms with Gasteiger partial charge in [-0.3, -0.25) is 10.1 Å². The summed E-state index contributed by atoms with van der Waals surface area (Å²) in [5.41, 5.74) is 1.05. The number of benzene rings is 2. The largest absolute Gasteiger partial charge is 0.403 e.